The van der Waals surface area contributed by atoms with Gasteiger partial charge in [-0.3, -0.25) is 14.5 Å². The fourth-order valence-corrected chi connectivity index (χ4v) is 5.48. The molecule has 2 aliphatic rings. The first-order chi connectivity index (χ1) is 16.3. The third kappa shape index (κ3) is 5.10. The van der Waals surface area contributed by atoms with E-state index in [0.29, 0.717) is 56.2 Å². The van der Waals surface area contributed by atoms with Crippen LogP contribution in [0.1, 0.15) is 64.9 Å². The van der Waals surface area contributed by atoms with E-state index < -0.39 is 35.4 Å². The molecule has 3 rings (SSSR count). The number of rotatable bonds is 10. The minimum absolute atomic E-state index is 0.160. The van der Waals surface area contributed by atoms with E-state index in [1.54, 1.807) is 6.07 Å². The number of hydrogen-bond donors (Lipinski definition) is 3. The summed E-state index contributed by atoms with van der Waals surface area (Å²) in [5.74, 6) is -3.12. The first kappa shape index (κ1) is 26.1. The number of aliphatic hydroxyl groups excluding tert-OH is 2. The van der Waals surface area contributed by atoms with Crippen molar-refractivity contribution in [2.75, 3.05) is 13.2 Å². The largest absolute Gasteiger partial charge is 0.505 e. The van der Waals surface area contributed by atoms with Crippen LogP contribution in [0.15, 0.2) is 34.9 Å². The third-order valence-electron chi connectivity index (χ3n) is 7.24. The normalized spacial score (nSPS) is 24.1. The van der Waals surface area contributed by atoms with Crippen LogP contribution in [-0.4, -0.2) is 51.3 Å². The van der Waals surface area contributed by atoms with Crippen molar-refractivity contribution >= 4 is 17.9 Å². The molecular formula is C27H36FNO5. The van der Waals surface area contributed by atoms with Crippen molar-refractivity contribution in [3.63, 3.8) is 0 Å². The fraction of sp³-hybridized carbons (Fsp3) is 0.556. The number of halogens is 1. The van der Waals surface area contributed by atoms with Crippen LogP contribution in [0, 0.1) is 23.6 Å². The van der Waals surface area contributed by atoms with Crippen LogP contribution in [0.25, 0.3) is 6.08 Å². The van der Waals surface area contributed by atoms with Gasteiger partial charge < -0.3 is 15.3 Å². The van der Waals surface area contributed by atoms with Crippen LogP contribution < -0.4 is 0 Å². The summed E-state index contributed by atoms with van der Waals surface area (Å²) in [6.07, 6.45) is 4.44. The standard InChI is InChI=1S/C27H36FNO5/c1-4-11-29-26(33)19-14-18(6-3)24(20(15-30)25(19)27(29)34)23(32)10-7-16(5-2)12-17-8-9-22(31)21(28)13-17/h8-9,12-13,19-20,23,25,30-32H,4-7,10-11,14-15H2,1-3H3/b16-12+/t19-,20+,23-,25-/m1/s1. The average Bonchev–Trinajstić information content (AvgIpc) is 3.07. The zero-order valence-electron chi connectivity index (χ0n) is 20.3. The Morgan fingerprint density at radius 2 is 1.97 bits per heavy atom. The Morgan fingerprint density at radius 3 is 2.56 bits per heavy atom. The molecule has 6 nitrogen and oxygen atoms in total. The van der Waals surface area contributed by atoms with Gasteiger partial charge in [-0.2, -0.15) is 0 Å². The molecular weight excluding hydrogens is 437 g/mol. The van der Waals surface area contributed by atoms with Crippen molar-refractivity contribution in [2.24, 2.45) is 17.8 Å². The van der Waals surface area contributed by atoms with Crippen LogP contribution in [0.5, 0.6) is 5.75 Å². The number of benzene rings is 1. The van der Waals surface area contributed by atoms with Gasteiger partial charge in [0.25, 0.3) is 0 Å². The molecule has 4 atom stereocenters. The number of nitrogens with zero attached hydrogens (tertiary/aromatic N) is 1. The number of fused-ring (bicyclic) bond motifs is 1. The molecule has 1 fully saturated rings. The number of amides is 2. The molecule has 34 heavy (non-hydrogen) atoms. The molecule has 186 valence electrons. The summed E-state index contributed by atoms with van der Waals surface area (Å²) < 4.78 is 13.7. The molecule has 1 saturated heterocycles. The van der Waals surface area contributed by atoms with Gasteiger partial charge in [0.2, 0.25) is 11.8 Å². The summed E-state index contributed by atoms with van der Waals surface area (Å²) in [7, 11) is 0. The third-order valence-corrected chi connectivity index (χ3v) is 7.24. The second-order valence-corrected chi connectivity index (χ2v) is 9.29. The highest BCUT2D eigenvalue weighted by Crippen LogP contribution is 2.47. The van der Waals surface area contributed by atoms with Crippen molar-refractivity contribution in [2.45, 2.75) is 65.4 Å². The van der Waals surface area contributed by atoms with E-state index in [9.17, 15) is 29.3 Å². The number of hydrogen-bond acceptors (Lipinski definition) is 5. The molecule has 2 amide bonds. The molecule has 0 unspecified atom stereocenters. The summed E-state index contributed by atoms with van der Waals surface area (Å²) in [6.45, 7) is 5.96. The van der Waals surface area contributed by atoms with E-state index >= 15 is 0 Å². The molecule has 0 aromatic heterocycles. The van der Waals surface area contributed by atoms with E-state index in [0.717, 1.165) is 11.1 Å². The second-order valence-electron chi connectivity index (χ2n) is 9.29. The van der Waals surface area contributed by atoms with Crippen molar-refractivity contribution in [1.82, 2.24) is 4.90 Å². The molecule has 1 aliphatic heterocycles. The molecule has 0 saturated carbocycles. The van der Waals surface area contributed by atoms with Crippen LogP contribution >= 0.6 is 0 Å². The molecule has 1 aliphatic carbocycles. The highest BCUT2D eigenvalue weighted by molar-refractivity contribution is 6.05. The van der Waals surface area contributed by atoms with Gasteiger partial charge in [0.15, 0.2) is 11.6 Å². The zero-order valence-corrected chi connectivity index (χ0v) is 20.3. The number of aliphatic hydroxyl groups is 2. The molecule has 1 aromatic rings. The Bertz CT molecular complexity index is 985. The van der Waals surface area contributed by atoms with E-state index in [1.807, 2.05) is 26.8 Å². The van der Waals surface area contributed by atoms with Crippen LogP contribution in [0.4, 0.5) is 4.39 Å². The number of allylic oxidation sites excluding steroid dienone is 2. The number of carbonyl (C=O) groups excluding carboxylic acids is 2. The molecule has 1 heterocycles. The van der Waals surface area contributed by atoms with Gasteiger partial charge in [-0.15, -0.1) is 0 Å². The maximum atomic E-state index is 13.7. The van der Waals surface area contributed by atoms with Crippen molar-refractivity contribution in [3.05, 3.63) is 46.3 Å². The quantitative estimate of drug-likeness (QED) is 0.350. The predicted octanol–water partition coefficient (Wildman–Crippen LogP) is 4.20. The molecule has 0 radical (unpaired) electrons. The lowest BCUT2D eigenvalue weighted by Gasteiger charge is -2.36. The Hall–Kier alpha value is -2.51. The van der Waals surface area contributed by atoms with Crippen molar-refractivity contribution < 1.29 is 29.3 Å². The Balaban J connectivity index is 1.82. The number of phenols is 1. The number of carbonyl (C=O) groups is 2. The summed E-state index contributed by atoms with van der Waals surface area (Å²) in [5, 5.41) is 30.9. The lowest BCUT2D eigenvalue weighted by Crippen LogP contribution is -2.39. The second kappa shape index (κ2) is 11.3. The number of imide groups is 1. The SMILES string of the molecule is CCCN1C(=O)[C@@H]2[C@@H](CC(CC)=C([C@H](O)CC/C(=C/c3ccc(O)c(F)c3)CC)[C@@H]2CO)C1=O. The topological polar surface area (TPSA) is 98.1 Å². The lowest BCUT2D eigenvalue weighted by molar-refractivity contribution is -0.140. The summed E-state index contributed by atoms with van der Waals surface area (Å²) in [4.78, 5) is 27.3. The molecule has 7 heteroatoms. The maximum Gasteiger partial charge on any atom is 0.233 e. The summed E-state index contributed by atoms with van der Waals surface area (Å²) in [6, 6.07) is 4.22. The fourth-order valence-electron chi connectivity index (χ4n) is 5.48. The number of likely N-dealkylation sites (tertiary alicyclic amines) is 1. The molecule has 0 spiro atoms. The predicted molar refractivity (Wildman–Crippen MR) is 128 cm³/mol. The Kier molecular flexibility index (Phi) is 8.66. The van der Waals surface area contributed by atoms with Crippen LogP contribution in [0.3, 0.4) is 0 Å². The highest BCUT2D eigenvalue weighted by Gasteiger charge is 2.54. The lowest BCUT2D eigenvalue weighted by atomic mass is 9.67. The van der Waals surface area contributed by atoms with Crippen LogP contribution in [-0.2, 0) is 9.59 Å². The van der Waals surface area contributed by atoms with E-state index in [-0.39, 0.29) is 18.4 Å². The molecule has 0 bridgehead atoms. The maximum absolute atomic E-state index is 13.7. The van der Waals surface area contributed by atoms with Gasteiger partial charge in [-0.25, -0.2) is 4.39 Å². The van der Waals surface area contributed by atoms with Crippen molar-refractivity contribution in [3.8, 4) is 5.75 Å². The van der Waals surface area contributed by atoms with Gasteiger partial charge in [-0.05, 0) is 61.8 Å². The molecule has 1 aromatic carbocycles. The average molecular weight is 474 g/mol. The summed E-state index contributed by atoms with van der Waals surface area (Å²) in [5.41, 5.74) is 3.31. The van der Waals surface area contributed by atoms with Gasteiger partial charge in [0, 0.05) is 12.5 Å². The van der Waals surface area contributed by atoms with E-state index in [1.165, 1.54) is 17.0 Å². The monoisotopic (exact) mass is 473 g/mol. The van der Waals surface area contributed by atoms with Gasteiger partial charge in [-0.1, -0.05) is 44.1 Å². The molecule has 3 N–H and O–H groups in total. The smallest absolute Gasteiger partial charge is 0.233 e. The van der Waals surface area contributed by atoms with Crippen molar-refractivity contribution in [1.29, 1.82) is 0 Å². The zero-order chi connectivity index (χ0) is 25.0. The Morgan fingerprint density at radius 1 is 1.24 bits per heavy atom. The van der Waals surface area contributed by atoms with Gasteiger partial charge in [0.1, 0.15) is 0 Å². The number of phenolic OH excluding ortho intramolecular Hbond substituents is 1. The van der Waals surface area contributed by atoms with Crippen LogP contribution in [0.2, 0.25) is 0 Å². The van der Waals surface area contributed by atoms with E-state index in [4.69, 9.17) is 0 Å². The van der Waals surface area contributed by atoms with E-state index in [2.05, 4.69) is 0 Å². The minimum atomic E-state index is -0.845. The minimum Gasteiger partial charge on any atom is -0.505 e. The van der Waals surface area contributed by atoms with Gasteiger partial charge in [0.05, 0.1) is 24.5 Å². The summed E-state index contributed by atoms with van der Waals surface area (Å²) >= 11 is 0. The number of aromatic hydroxyl groups is 1. The first-order valence-electron chi connectivity index (χ1n) is 12.3. The highest BCUT2D eigenvalue weighted by atomic mass is 19.1. The van der Waals surface area contributed by atoms with Gasteiger partial charge >= 0.3 is 0 Å². The Labute approximate surface area is 200 Å². The first-order valence-corrected chi connectivity index (χ1v) is 12.3.